The van der Waals surface area contributed by atoms with Crippen molar-refractivity contribution in [3.8, 4) is 0 Å². The van der Waals surface area contributed by atoms with Gasteiger partial charge in [-0.3, -0.25) is 33.6 Å². The molecule has 4 aromatic rings. The van der Waals surface area contributed by atoms with Crippen LogP contribution in [-0.2, 0) is 53.1 Å². The van der Waals surface area contributed by atoms with Gasteiger partial charge in [0.05, 0.1) is 32.9 Å². The monoisotopic (exact) mass is 869 g/mol. The van der Waals surface area contributed by atoms with E-state index in [2.05, 4.69) is 26.3 Å². The van der Waals surface area contributed by atoms with Gasteiger partial charge in [-0.05, 0) is 42.0 Å². The van der Waals surface area contributed by atoms with Crippen LogP contribution in [0.15, 0.2) is 91.1 Å². The summed E-state index contributed by atoms with van der Waals surface area (Å²) in [5, 5.41) is 39.9. The summed E-state index contributed by atoms with van der Waals surface area (Å²) < 4.78 is 0. The molecule has 19 heteroatoms. The molecule has 0 radical (unpaired) electrons. The second kappa shape index (κ2) is 23.5. The number of rotatable bonds is 23. The topological polar surface area (TPSA) is 280 Å². The first-order valence-corrected chi connectivity index (χ1v) is 20.6. The van der Waals surface area contributed by atoms with E-state index < -0.39 is 92.5 Å². The molecule has 0 saturated carbocycles. The number of aromatic amines is 1. The number of aliphatic hydroxyl groups excluding tert-OH is 3. The highest BCUT2D eigenvalue weighted by Gasteiger charge is 2.38. The lowest BCUT2D eigenvalue weighted by molar-refractivity contribution is -0.148. The third-order valence-electron chi connectivity index (χ3n) is 10.7. The molecule has 1 aromatic heterocycles. The fourth-order valence-corrected chi connectivity index (χ4v) is 7.26. The Morgan fingerprint density at radius 1 is 0.746 bits per heavy atom. The second-order valence-corrected chi connectivity index (χ2v) is 15.1. The van der Waals surface area contributed by atoms with Gasteiger partial charge in [-0.15, -0.1) is 0 Å². The summed E-state index contributed by atoms with van der Waals surface area (Å²) in [6, 6.07) is 20.5. The number of H-pyrrole nitrogens is 1. The molecule has 63 heavy (non-hydrogen) atoms. The number of nitrogens with two attached hydrogens (primary N) is 1. The quantitative estimate of drug-likeness (QED) is 0.0404. The summed E-state index contributed by atoms with van der Waals surface area (Å²) in [5.41, 5.74) is 8.58. The third kappa shape index (κ3) is 13.4. The smallest absolute Gasteiger partial charge is 0.246 e. The largest absolute Gasteiger partial charge is 0.394 e. The molecule has 1 fully saturated rings. The average molecular weight is 870 g/mol. The minimum Gasteiger partial charge on any atom is -0.394 e. The van der Waals surface area contributed by atoms with Gasteiger partial charge < -0.3 is 62.0 Å². The Labute approximate surface area is 364 Å². The highest BCUT2D eigenvalue weighted by atomic mass is 16.3. The molecule has 336 valence electrons. The molecule has 3 aromatic carbocycles. The highest BCUT2D eigenvalue weighted by molar-refractivity contribution is 5.96. The fourth-order valence-electron chi connectivity index (χ4n) is 7.26. The lowest BCUT2D eigenvalue weighted by atomic mass is 10.1. The number of primary amides is 1. The Morgan fingerprint density at radius 2 is 1.35 bits per heavy atom. The number of nitrogens with zero attached hydrogens (tertiary/aromatic N) is 3. The molecule has 1 aliphatic heterocycles. The normalized spacial score (nSPS) is 14.9. The third-order valence-corrected chi connectivity index (χ3v) is 10.7. The summed E-state index contributed by atoms with van der Waals surface area (Å²) in [4.78, 5) is 101. The first kappa shape index (κ1) is 47.4. The average Bonchev–Trinajstić information content (AvgIpc) is 3.96. The molecule has 0 bridgehead atoms. The van der Waals surface area contributed by atoms with Gasteiger partial charge in [0.25, 0.3) is 0 Å². The Bertz CT molecular complexity index is 2190. The van der Waals surface area contributed by atoms with Crippen molar-refractivity contribution in [1.29, 1.82) is 0 Å². The summed E-state index contributed by atoms with van der Waals surface area (Å²) >= 11 is 0. The molecular weight excluding hydrogens is 815 g/mol. The Hall–Kier alpha value is -6.67. The van der Waals surface area contributed by atoms with Crippen molar-refractivity contribution in [2.24, 2.45) is 5.73 Å². The predicted octanol–water partition coefficient (Wildman–Crippen LogP) is -1.73. The van der Waals surface area contributed by atoms with Crippen LogP contribution in [0.25, 0.3) is 10.9 Å². The standard InChI is InChI=1S/C44H55N9O10/c45-41(60)34(26-54)49-43(62)36(28-56)50-42(61)35(27-55)48-38(57)24-51(19-17-31-21-47-33-15-8-7-14-32(31)33)40(59)25-52(23-30-12-5-2-6-13-30)44(63)37-16-9-18-53(37)39(58)22-46-20-29-10-3-1-4-11-29/h1-8,10-15,21,34-37,46-47,54-56H,9,16-20,22-28H2,(H2,45,60)(H,48,57)(H,49,62)(H,50,61)/t34-,35-,36-,37?/m0/s1. The van der Waals surface area contributed by atoms with Crippen LogP contribution >= 0.6 is 0 Å². The Kier molecular flexibility index (Phi) is 17.7. The summed E-state index contributed by atoms with van der Waals surface area (Å²) in [6.45, 7) is -2.95. The number of fused-ring (bicyclic) bond motifs is 1. The molecule has 1 aliphatic rings. The maximum absolute atomic E-state index is 14.5. The van der Waals surface area contributed by atoms with Gasteiger partial charge in [-0.2, -0.15) is 0 Å². The molecule has 4 atom stereocenters. The summed E-state index contributed by atoms with van der Waals surface area (Å²) in [6.07, 6.45) is 3.07. The summed E-state index contributed by atoms with van der Waals surface area (Å²) in [5.74, 6) is -5.37. The molecule has 1 saturated heterocycles. The highest BCUT2D eigenvalue weighted by Crippen LogP contribution is 2.22. The molecule has 10 N–H and O–H groups in total. The Morgan fingerprint density at radius 3 is 2.00 bits per heavy atom. The number of para-hydroxylation sites is 1. The zero-order valence-corrected chi connectivity index (χ0v) is 34.8. The summed E-state index contributed by atoms with van der Waals surface area (Å²) in [7, 11) is 0. The van der Waals surface area contributed by atoms with Crippen molar-refractivity contribution in [1.82, 2.24) is 41.0 Å². The molecule has 7 amide bonds. The van der Waals surface area contributed by atoms with E-state index in [4.69, 9.17) is 5.73 Å². The van der Waals surface area contributed by atoms with Crippen molar-refractivity contribution in [3.05, 3.63) is 108 Å². The van der Waals surface area contributed by atoms with Gasteiger partial charge in [0.15, 0.2) is 0 Å². The van der Waals surface area contributed by atoms with Crippen LogP contribution in [0, 0.1) is 0 Å². The number of likely N-dealkylation sites (tertiary alicyclic amines) is 1. The van der Waals surface area contributed by atoms with Gasteiger partial charge in [0, 0.05) is 43.3 Å². The van der Waals surface area contributed by atoms with Crippen LogP contribution in [0.3, 0.4) is 0 Å². The number of benzene rings is 3. The van der Waals surface area contributed by atoms with E-state index in [-0.39, 0.29) is 32.0 Å². The van der Waals surface area contributed by atoms with E-state index in [0.29, 0.717) is 25.9 Å². The van der Waals surface area contributed by atoms with Crippen LogP contribution in [-0.4, -0.2) is 153 Å². The molecule has 2 heterocycles. The number of hydrogen-bond acceptors (Lipinski definition) is 11. The molecule has 1 unspecified atom stereocenters. The lowest BCUT2D eigenvalue weighted by Crippen LogP contribution is -2.59. The van der Waals surface area contributed by atoms with Crippen molar-refractivity contribution >= 4 is 52.3 Å². The van der Waals surface area contributed by atoms with Gasteiger partial charge in [-0.1, -0.05) is 78.9 Å². The van der Waals surface area contributed by atoms with Gasteiger partial charge >= 0.3 is 0 Å². The number of aromatic nitrogens is 1. The van der Waals surface area contributed by atoms with Crippen molar-refractivity contribution in [2.75, 3.05) is 52.5 Å². The van der Waals surface area contributed by atoms with Crippen LogP contribution in [0.1, 0.15) is 29.5 Å². The van der Waals surface area contributed by atoms with Gasteiger partial charge in [-0.25, -0.2) is 0 Å². The number of amides is 7. The van der Waals surface area contributed by atoms with Crippen LogP contribution in [0.2, 0.25) is 0 Å². The van der Waals surface area contributed by atoms with E-state index in [1.165, 1.54) is 9.80 Å². The van der Waals surface area contributed by atoms with E-state index >= 15 is 0 Å². The molecule has 19 nitrogen and oxygen atoms in total. The zero-order valence-electron chi connectivity index (χ0n) is 34.8. The fraction of sp³-hybridized carbons (Fsp3) is 0.386. The van der Waals surface area contributed by atoms with Crippen molar-refractivity contribution < 1.29 is 48.9 Å². The first-order valence-electron chi connectivity index (χ1n) is 20.6. The Balaban J connectivity index is 1.32. The number of carbonyl (C=O) groups is 7. The molecular formula is C44H55N9O10. The van der Waals surface area contributed by atoms with Crippen molar-refractivity contribution in [3.63, 3.8) is 0 Å². The molecule has 0 aliphatic carbocycles. The van der Waals surface area contributed by atoms with Gasteiger partial charge in [0.2, 0.25) is 41.4 Å². The molecule has 0 spiro atoms. The second-order valence-electron chi connectivity index (χ2n) is 15.1. The minimum absolute atomic E-state index is 0.00275. The van der Waals surface area contributed by atoms with Crippen LogP contribution in [0.5, 0.6) is 0 Å². The first-order chi connectivity index (χ1) is 30.4. The molecule has 5 rings (SSSR count). The van der Waals surface area contributed by atoms with Crippen LogP contribution in [0.4, 0.5) is 0 Å². The maximum atomic E-state index is 14.5. The van der Waals surface area contributed by atoms with Crippen LogP contribution < -0.4 is 27.0 Å². The van der Waals surface area contributed by atoms with E-state index in [9.17, 15) is 48.9 Å². The maximum Gasteiger partial charge on any atom is 0.246 e. The number of hydrogen-bond donors (Lipinski definition) is 9. The number of aliphatic hydroxyl groups is 3. The number of carbonyl (C=O) groups excluding carboxylic acids is 7. The predicted molar refractivity (Wildman–Crippen MR) is 230 cm³/mol. The minimum atomic E-state index is -1.66. The van der Waals surface area contributed by atoms with E-state index in [1.54, 1.807) is 23.2 Å². The number of nitrogens with one attached hydrogen (secondary N) is 5. The van der Waals surface area contributed by atoms with Crippen molar-refractivity contribution in [2.45, 2.75) is 56.5 Å². The van der Waals surface area contributed by atoms with E-state index in [0.717, 1.165) is 27.6 Å². The van der Waals surface area contributed by atoms with Gasteiger partial charge in [0.1, 0.15) is 30.7 Å². The zero-order chi connectivity index (χ0) is 45.3. The SMILES string of the molecule is NC(=O)[C@H](CO)NC(=O)[C@H](CO)NC(=O)[C@H](CO)NC(=O)CN(CCc1c[nH]c2ccccc12)C(=O)CN(Cc1ccccc1)C(=O)C1CCCN1C(=O)CNCc1ccccc1. The lowest BCUT2D eigenvalue weighted by Gasteiger charge is -2.32. The van der Waals surface area contributed by atoms with E-state index in [1.807, 2.05) is 72.8 Å².